The van der Waals surface area contributed by atoms with Crippen molar-refractivity contribution in [3.63, 3.8) is 0 Å². The highest BCUT2D eigenvalue weighted by Crippen LogP contribution is 2.55. The number of aromatic hydroxyl groups is 2. The molecule has 1 aliphatic heterocycles. The highest BCUT2D eigenvalue weighted by Gasteiger charge is 2.45. The second-order valence-electron chi connectivity index (χ2n) is 6.42. The standard InChI is InChI=1S/C19H17NO3/c20-10-11-7-15-16-9-14(22)5-6-18(16)23-19(17(15)8-11)12-1-3-13(21)4-2-12/h1-6,9,11,15,17,19,21-22H,7-8H2. The Kier molecular flexibility index (Phi) is 3.16. The molecule has 0 amide bonds. The van der Waals surface area contributed by atoms with E-state index in [9.17, 15) is 15.5 Å². The third-order valence-corrected chi connectivity index (χ3v) is 5.05. The van der Waals surface area contributed by atoms with Gasteiger partial charge in [-0.15, -0.1) is 0 Å². The van der Waals surface area contributed by atoms with Crippen molar-refractivity contribution in [1.29, 1.82) is 5.26 Å². The van der Waals surface area contributed by atoms with Gasteiger partial charge in [0, 0.05) is 17.4 Å². The maximum absolute atomic E-state index is 9.80. The van der Waals surface area contributed by atoms with Crippen LogP contribution >= 0.6 is 0 Å². The fourth-order valence-corrected chi connectivity index (χ4v) is 4.00. The van der Waals surface area contributed by atoms with Crippen LogP contribution in [0.1, 0.15) is 36.0 Å². The quantitative estimate of drug-likeness (QED) is 0.839. The fourth-order valence-electron chi connectivity index (χ4n) is 4.00. The SMILES string of the molecule is N#CC1CC2c3cc(O)ccc3OC(c3ccc(O)cc3)C2C1. The monoisotopic (exact) mass is 307 g/mol. The number of rotatable bonds is 1. The molecule has 2 aromatic rings. The summed E-state index contributed by atoms with van der Waals surface area (Å²) < 4.78 is 6.22. The minimum absolute atomic E-state index is 0.0153. The molecule has 0 spiro atoms. The number of nitriles is 1. The van der Waals surface area contributed by atoms with Crippen molar-refractivity contribution in [3.8, 4) is 23.3 Å². The molecule has 1 aliphatic carbocycles. The smallest absolute Gasteiger partial charge is 0.127 e. The highest BCUT2D eigenvalue weighted by atomic mass is 16.5. The van der Waals surface area contributed by atoms with Crippen LogP contribution in [-0.2, 0) is 0 Å². The van der Waals surface area contributed by atoms with Crippen LogP contribution in [0.4, 0.5) is 0 Å². The largest absolute Gasteiger partial charge is 0.508 e. The molecule has 0 radical (unpaired) electrons. The van der Waals surface area contributed by atoms with E-state index < -0.39 is 0 Å². The van der Waals surface area contributed by atoms with E-state index in [1.54, 1.807) is 30.3 Å². The van der Waals surface area contributed by atoms with Gasteiger partial charge in [0.2, 0.25) is 0 Å². The number of fused-ring (bicyclic) bond motifs is 3. The van der Waals surface area contributed by atoms with E-state index in [0.717, 1.165) is 29.7 Å². The second kappa shape index (κ2) is 5.20. The molecular formula is C19H17NO3. The van der Waals surface area contributed by atoms with E-state index in [2.05, 4.69) is 6.07 Å². The predicted molar refractivity (Wildman–Crippen MR) is 84.2 cm³/mol. The number of hydrogen-bond acceptors (Lipinski definition) is 4. The van der Waals surface area contributed by atoms with Gasteiger partial charge in [-0.25, -0.2) is 0 Å². The number of phenols is 2. The van der Waals surface area contributed by atoms with E-state index in [0.29, 0.717) is 0 Å². The molecule has 1 heterocycles. The Morgan fingerprint density at radius 3 is 2.48 bits per heavy atom. The molecule has 4 heteroatoms. The molecule has 0 aromatic heterocycles. The molecule has 4 rings (SSSR count). The summed E-state index contributed by atoms with van der Waals surface area (Å²) in [6, 6.07) is 14.7. The third kappa shape index (κ3) is 2.29. The Hall–Kier alpha value is -2.67. The molecule has 2 aliphatic rings. The van der Waals surface area contributed by atoms with Crippen LogP contribution in [0.15, 0.2) is 42.5 Å². The van der Waals surface area contributed by atoms with E-state index in [1.807, 2.05) is 12.1 Å². The maximum Gasteiger partial charge on any atom is 0.127 e. The zero-order valence-electron chi connectivity index (χ0n) is 12.5. The van der Waals surface area contributed by atoms with Gasteiger partial charge >= 0.3 is 0 Å². The molecule has 2 N–H and O–H groups in total. The van der Waals surface area contributed by atoms with Gasteiger partial charge in [-0.3, -0.25) is 0 Å². The lowest BCUT2D eigenvalue weighted by molar-refractivity contribution is 0.103. The molecule has 0 bridgehead atoms. The lowest BCUT2D eigenvalue weighted by Gasteiger charge is -2.36. The summed E-state index contributed by atoms with van der Waals surface area (Å²) in [6.07, 6.45) is 1.47. The van der Waals surface area contributed by atoms with Crippen LogP contribution in [0.25, 0.3) is 0 Å². The maximum atomic E-state index is 9.80. The first-order chi connectivity index (χ1) is 11.2. The minimum atomic E-state index is -0.129. The van der Waals surface area contributed by atoms with E-state index in [-0.39, 0.29) is 35.4 Å². The van der Waals surface area contributed by atoms with Gasteiger partial charge in [-0.1, -0.05) is 12.1 Å². The van der Waals surface area contributed by atoms with Gasteiger partial charge in [-0.05, 0) is 54.7 Å². The van der Waals surface area contributed by atoms with Crippen molar-refractivity contribution in [2.24, 2.45) is 11.8 Å². The Balaban J connectivity index is 1.78. The Morgan fingerprint density at radius 2 is 1.74 bits per heavy atom. The predicted octanol–water partition coefficient (Wildman–Crippen LogP) is 3.86. The number of hydrogen-bond donors (Lipinski definition) is 2. The topological polar surface area (TPSA) is 73.5 Å². The van der Waals surface area contributed by atoms with Crippen molar-refractivity contribution in [2.45, 2.75) is 24.9 Å². The number of ether oxygens (including phenoxy) is 1. The fraction of sp³-hybridized carbons (Fsp3) is 0.316. The lowest BCUT2D eigenvalue weighted by Crippen LogP contribution is -2.26. The second-order valence-corrected chi connectivity index (χ2v) is 6.42. The molecule has 0 saturated heterocycles. The van der Waals surface area contributed by atoms with Gasteiger partial charge in [0.15, 0.2) is 0 Å². The summed E-state index contributed by atoms with van der Waals surface area (Å²) in [7, 11) is 0. The van der Waals surface area contributed by atoms with Gasteiger partial charge < -0.3 is 14.9 Å². The summed E-state index contributed by atoms with van der Waals surface area (Å²) in [4.78, 5) is 0. The summed E-state index contributed by atoms with van der Waals surface area (Å²) in [6.45, 7) is 0. The van der Waals surface area contributed by atoms with Gasteiger partial charge in [0.25, 0.3) is 0 Å². The van der Waals surface area contributed by atoms with Gasteiger partial charge in [0.1, 0.15) is 23.4 Å². The molecule has 4 nitrogen and oxygen atoms in total. The van der Waals surface area contributed by atoms with E-state index in [1.165, 1.54) is 0 Å². The summed E-state index contributed by atoms with van der Waals surface area (Å²) in [5, 5.41) is 28.6. The molecule has 1 fully saturated rings. The first-order valence-corrected chi connectivity index (χ1v) is 7.84. The van der Waals surface area contributed by atoms with E-state index >= 15 is 0 Å². The van der Waals surface area contributed by atoms with Gasteiger partial charge in [-0.2, -0.15) is 5.26 Å². The average molecular weight is 307 g/mol. The lowest BCUT2D eigenvalue weighted by atomic mass is 9.80. The molecule has 2 aromatic carbocycles. The molecule has 4 atom stereocenters. The van der Waals surface area contributed by atoms with Crippen LogP contribution in [0, 0.1) is 23.2 Å². The summed E-state index contributed by atoms with van der Waals surface area (Å²) in [5.74, 6) is 1.68. The molecule has 23 heavy (non-hydrogen) atoms. The molecule has 1 saturated carbocycles. The highest BCUT2D eigenvalue weighted by molar-refractivity contribution is 5.46. The van der Waals surface area contributed by atoms with Crippen LogP contribution < -0.4 is 4.74 Å². The minimum Gasteiger partial charge on any atom is -0.508 e. The Labute approximate surface area is 134 Å². The van der Waals surface area contributed by atoms with E-state index in [4.69, 9.17) is 4.74 Å². The summed E-state index contributed by atoms with van der Waals surface area (Å²) >= 11 is 0. The molecular weight excluding hydrogens is 290 g/mol. The normalized spacial score (nSPS) is 28.3. The van der Waals surface area contributed by atoms with Crippen LogP contribution in [0.5, 0.6) is 17.2 Å². The number of nitrogens with zero attached hydrogens (tertiary/aromatic N) is 1. The first-order valence-electron chi connectivity index (χ1n) is 7.84. The summed E-state index contributed by atoms with van der Waals surface area (Å²) in [5.41, 5.74) is 2.01. The van der Waals surface area contributed by atoms with Crippen LogP contribution in [0.2, 0.25) is 0 Å². The van der Waals surface area contributed by atoms with Gasteiger partial charge in [0.05, 0.1) is 6.07 Å². The van der Waals surface area contributed by atoms with Crippen molar-refractivity contribution < 1.29 is 14.9 Å². The number of phenolic OH excluding ortho intramolecular Hbond substituents is 2. The van der Waals surface area contributed by atoms with Crippen molar-refractivity contribution in [1.82, 2.24) is 0 Å². The zero-order valence-corrected chi connectivity index (χ0v) is 12.5. The number of benzene rings is 2. The molecule has 116 valence electrons. The van der Waals surface area contributed by atoms with Crippen LogP contribution in [0.3, 0.4) is 0 Å². The van der Waals surface area contributed by atoms with Crippen molar-refractivity contribution in [3.05, 3.63) is 53.6 Å². The van der Waals surface area contributed by atoms with Crippen molar-refractivity contribution >= 4 is 0 Å². The Bertz CT molecular complexity index is 778. The Morgan fingerprint density at radius 1 is 1.00 bits per heavy atom. The van der Waals surface area contributed by atoms with Crippen LogP contribution in [-0.4, -0.2) is 10.2 Å². The van der Waals surface area contributed by atoms with Crippen molar-refractivity contribution in [2.75, 3.05) is 0 Å². The first kappa shape index (κ1) is 14.0. The zero-order chi connectivity index (χ0) is 16.0. The molecule has 4 unspecified atom stereocenters. The third-order valence-electron chi connectivity index (χ3n) is 5.05. The average Bonchev–Trinajstić information content (AvgIpc) is 3.00.